The van der Waals surface area contributed by atoms with Crippen molar-refractivity contribution in [1.82, 2.24) is 5.32 Å². The van der Waals surface area contributed by atoms with Crippen LogP contribution in [0.1, 0.15) is 39.0 Å². The number of hydrogen-bond donors (Lipinski definition) is 4. The van der Waals surface area contributed by atoms with Crippen LogP contribution < -0.4 is 5.32 Å². The topological polar surface area (TPSA) is 116 Å². The molecule has 1 aliphatic rings. The lowest BCUT2D eigenvalue weighted by Gasteiger charge is -2.26. The average molecular weight is 315 g/mol. The third-order valence-electron chi connectivity index (χ3n) is 3.48. The van der Waals surface area contributed by atoms with Gasteiger partial charge in [0.2, 0.25) is 5.91 Å². The summed E-state index contributed by atoms with van der Waals surface area (Å²) in [6.07, 6.45) is 0.795. The van der Waals surface area contributed by atoms with Crippen LogP contribution in [0.5, 0.6) is 0 Å². The van der Waals surface area contributed by atoms with Crippen molar-refractivity contribution in [2.45, 2.75) is 63.4 Å². The minimum absolute atomic E-state index is 0.194. The third kappa shape index (κ3) is 6.55. The van der Waals surface area contributed by atoms with E-state index in [4.69, 9.17) is 4.74 Å². The normalized spacial score (nSPS) is 29.6. The Morgan fingerprint density at radius 3 is 2.68 bits per heavy atom. The van der Waals surface area contributed by atoms with Gasteiger partial charge in [-0.15, -0.1) is 0 Å². The van der Waals surface area contributed by atoms with E-state index in [0.717, 1.165) is 12.8 Å². The van der Waals surface area contributed by atoms with Crippen LogP contribution in [0.3, 0.4) is 0 Å². The molecular weight excluding hydrogens is 290 g/mol. The monoisotopic (exact) mass is 315 g/mol. The fourth-order valence-electron chi connectivity index (χ4n) is 2.13. The van der Waals surface area contributed by atoms with Crippen molar-refractivity contribution in [2.75, 3.05) is 6.54 Å². The van der Waals surface area contributed by atoms with Gasteiger partial charge in [0.25, 0.3) is 0 Å². The van der Waals surface area contributed by atoms with Crippen molar-refractivity contribution in [1.29, 1.82) is 0 Å². The molecule has 1 aliphatic heterocycles. The molecule has 1 rings (SSSR count). The largest absolute Gasteiger partial charge is 0.459 e. The highest BCUT2D eigenvalue weighted by molar-refractivity contribution is 5.80. The van der Waals surface area contributed by atoms with E-state index in [9.17, 15) is 24.9 Å². The number of aliphatic hydroxyl groups excluding tert-OH is 3. The summed E-state index contributed by atoms with van der Waals surface area (Å²) in [5, 5.41) is 31.7. The fourth-order valence-corrected chi connectivity index (χ4v) is 2.13. The van der Waals surface area contributed by atoms with Crippen LogP contribution in [0.4, 0.5) is 0 Å². The molecule has 4 atom stereocenters. The van der Waals surface area contributed by atoms with Crippen LogP contribution in [0, 0.1) is 0 Å². The smallest absolute Gasteiger partial charge is 0.306 e. The summed E-state index contributed by atoms with van der Waals surface area (Å²) in [5.41, 5.74) is 0. The predicted octanol–water partition coefficient (Wildman–Crippen LogP) is -0.363. The van der Waals surface area contributed by atoms with E-state index >= 15 is 0 Å². The molecule has 1 unspecified atom stereocenters. The Balaban J connectivity index is 2.78. The molecule has 0 aromatic carbocycles. The number of allylic oxidation sites excluding steroid dienone is 1. The second kappa shape index (κ2) is 9.55. The standard InChI is InChI=1S/C15H25NO6/c1-10(17)14(20)12-9-11(18)15(21)16-8-6-4-2-3-5-7-13(19)22-12/h4,6,10-12,14,17-18,20H,2-3,5,7-9H2,1H3,(H,16,21)/b6-4+/t10-,11+,12?,14-/m1/s1. The zero-order chi connectivity index (χ0) is 16.5. The van der Waals surface area contributed by atoms with E-state index in [1.54, 1.807) is 6.08 Å². The van der Waals surface area contributed by atoms with Gasteiger partial charge in [-0.3, -0.25) is 9.59 Å². The number of carbonyl (C=O) groups excluding carboxylic acids is 2. The molecule has 22 heavy (non-hydrogen) atoms. The molecule has 7 nitrogen and oxygen atoms in total. The number of rotatable bonds is 2. The number of carbonyl (C=O) groups is 2. The van der Waals surface area contributed by atoms with Gasteiger partial charge in [-0.1, -0.05) is 12.2 Å². The molecule has 4 N–H and O–H groups in total. The van der Waals surface area contributed by atoms with Crippen LogP contribution in [-0.2, 0) is 14.3 Å². The number of cyclic esters (lactones) is 1. The van der Waals surface area contributed by atoms with Gasteiger partial charge in [0.1, 0.15) is 18.3 Å². The maximum absolute atomic E-state index is 11.8. The lowest BCUT2D eigenvalue weighted by molar-refractivity contribution is -0.163. The Bertz CT molecular complexity index is 395. The van der Waals surface area contributed by atoms with Gasteiger partial charge in [-0.2, -0.15) is 0 Å². The van der Waals surface area contributed by atoms with Crippen LogP contribution in [0.2, 0.25) is 0 Å². The summed E-state index contributed by atoms with van der Waals surface area (Å²) in [5.74, 6) is -1.13. The SMILES string of the molecule is C[C@@H](O)[C@@H](O)C1C[C@H](O)C(=O)NC/C=C/CCCCC(=O)O1. The molecule has 0 saturated carbocycles. The predicted molar refractivity (Wildman–Crippen MR) is 78.8 cm³/mol. The number of aliphatic hydroxyl groups is 3. The second-order valence-electron chi connectivity index (χ2n) is 5.47. The number of amides is 1. The first-order valence-electron chi connectivity index (χ1n) is 7.58. The van der Waals surface area contributed by atoms with Crippen molar-refractivity contribution in [3.05, 3.63) is 12.2 Å². The van der Waals surface area contributed by atoms with Gasteiger partial charge >= 0.3 is 5.97 Å². The van der Waals surface area contributed by atoms with Gasteiger partial charge in [-0.25, -0.2) is 0 Å². The Hall–Kier alpha value is -1.44. The fraction of sp³-hybridized carbons (Fsp3) is 0.733. The van der Waals surface area contributed by atoms with Crippen LogP contribution >= 0.6 is 0 Å². The zero-order valence-corrected chi connectivity index (χ0v) is 12.8. The van der Waals surface area contributed by atoms with E-state index in [1.165, 1.54) is 6.92 Å². The Kier molecular flexibility index (Phi) is 8.08. The number of nitrogens with one attached hydrogen (secondary N) is 1. The van der Waals surface area contributed by atoms with Crippen molar-refractivity contribution < 1.29 is 29.6 Å². The minimum Gasteiger partial charge on any atom is -0.459 e. The van der Waals surface area contributed by atoms with Crippen molar-refractivity contribution >= 4 is 11.9 Å². The van der Waals surface area contributed by atoms with E-state index in [2.05, 4.69) is 5.32 Å². The number of ether oxygens (including phenoxy) is 1. The van der Waals surface area contributed by atoms with Crippen molar-refractivity contribution in [2.24, 2.45) is 0 Å². The molecule has 126 valence electrons. The summed E-state index contributed by atoms with van der Waals surface area (Å²) in [6, 6.07) is 0. The number of hydrogen-bond acceptors (Lipinski definition) is 6. The molecule has 0 aliphatic carbocycles. The highest BCUT2D eigenvalue weighted by Gasteiger charge is 2.31. The van der Waals surface area contributed by atoms with E-state index in [-0.39, 0.29) is 12.8 Å². The summed E-state index contributed by atoms with van der Waals surface area (Å²) in [7, 11) is 0. The highest BCUT2D eigenvalue weighted by atomic mass is 16.6. The Morgan fingerprint density at radius 2 is 2.00 bits per heavy atom. The van der Waals surface area contributed by atoms with Gasteiger partial charge in [0.05, 0.1) is 6.10 Å². The number of esters is 1. The molecule has 1 heterocycles. The lowest BCUT2D eigenvalue weighted by atomic mass is 10.0. The molecule has 1 amide bonds. The summed E-state index contributed by atoms with van der Waals surface area (Å²) >= 11 is 0. The molecular formula is C15H25NO6. The van der Waals surface area contributed by atoms with Crippen LogP contribution in [-0.4, -0.2) is 58.2 Å². The maximum Gasteiger partial charge on any atom is 0.306 e. The first kappa shape index (κ1) is 18.6. The first-order valence-corrected chi connectivity index (χ1v) is 7.58. The zero-order valence-electron chi connectivity index (χ0n) is 12.8. The first-order chi connectivity index (χ1) is 10.4. The van der Waals surface area contributed by atoms with Gasteiger partial charge in [-0.05, 0) is 26.2 Å². The molecule has 0 aromatic rings. The van der Waals surface area contributed by atoms with Crippen molar-refractivity contribution in [3.8, 4) is 0 Å². The quantitative estimate of drug-likeness (QED) is 0.408. The molecule has 0 spiro atoms. The van der Waals surface area contributed by atoms with Gasteiger partial charge < -0.3 is 25.4 Å². The minimum atomic E-state index is -1.43. The van der Waals surface area contributed by atoms with E-state index < -0.39 is 36.3 Å². The summed E-state index contributed by atoms with van der Waals surface area (Å²) in [6.45, 7) is 1.65. The van der Waals surface area contributed by atoms with E-state index in [1.807, 2.05) is 6.08 Å². The molecule has 0 aromatic heterocycles. The average Bonchev–Trinajstić information content (AvgIpc) is 2.47. The molecule has 0 radical (unpaired) electrons. The summed E-state index contributed by atoms with van der Waals surface area (Å²) in [4.78, 5) is 23.5. The maximum atomic E-state index is 11.8. The second-order valence-corrected chi connectivity index (χ2v) is 5.47. The van der Waals surface area contributed by atoms with Crippen LogP contribution in [0.15, 0.2) is 12.2 Å². The van der Waals surface area contributed by atoms with Crippen molar-refractivity contribution in [3.63, 3.8) is 0 Å². The molecule has 0 saturated heterocycles. The Morgan fingerprint density at radius 1 is 1.27 bits per heavy atom. The summed E-state index contributed by atoms with van der Waals surface area (Å²) < 4.78 is 5.13. The Labute approximate surface area is 130 Å². The van der Waals surface area contributed by atoms with Crippen LogP contribution in [0.25, 0.3) is 0 Å². The van der Waals surface area contributed by atoms with E-state index in [0.29, 0.717) is 13.0 Å². The highest BCUT2D eigenvalue weighted by Crippen LogP contribution is 2.14. The van der Waals surface area contributed by atoms with Gasteiger partial charge in [0, 0.05) is 19.4 Å². The third-order valence-corrected chi connectivity index (χ3v) is 3.48. The van der Waals surface area contributed by atoms with Gasteiger partial charge in [0.15, 0.2) is 0 Å². The molecule has 0 bridgehead atoms. The lowest BCUT2D eigenvalue weighted by Crippen LogP contribution is -2.44. The molecule has 0 fully saturated rings. The molecule has 7 heteroatoms.